The molecule has 6 nitrogen and oxygen atoms in total. The monoisotopic (exact) mass is 364 g/mol. The van der Waals surface area contributed by atoms with Crippen LogP contribution in [0.5, 0.6) is 11.5 Å². The van der Waals surface area contributed by atoms with Crippen LogP contribution in [0, 0.1) is 10.1 Å². The van der Waals surface area contributed by atoms with Crippen molar-refractivity contribution >= 4 is 28.7 Å². The molecule has 0 aliphatic rings. The van der Waals surface area contributed by atoms with Gasteiger partial charge in [0.25, 0.3) is 5.69 Å². The summed E-state index contributed by atoms with van der Waals surface area (Å²) >= 11 is 0. The summed E-state index contributed by atoms with van der Waals surface area (Å²) in [6.07, 6.45) is 4.62. The summed E-state index contributed by atoms with van der Waals surface area (Å²) in [4.78, 5) is 15.2. The van der Waals surface area contributed by atoms with Gasteiger partial charge in [-0.15, -0.1) is 0 Å². The zero-order valence-electron chi connectivity index (χ0n) is 15.2. The Morgan fingerprint density at radius 1 is 1.11 bits per heavy atom. The minimum absolute atomic E-state index is 0.00171. The largest absolute Gasteiger partial charge is 0.493 e. The molecule has 1 heterocycles. The van der Waals surface area contributed by atoms with Crippen LogP contribution in [0.3, 0.4) is 0 Å². The van der Waals surface area contributed by atoms with Gasteiger partial charge in [-0.3, -0.25) is 10.1 Å². The summed E-state index contributed by atoms with van der Waals surface area (Å²) in [5.41, 5.74) is 1.94. The van der Waals surface area contributed by atoms with E-state index in [9.17, 15) is 10.1 Å². The summed E-state index contributed by atoms with van der Waals surface area (Å²) < 4.78 is 11.0. The highest BCUT2D eigenvalue weighted by atomic mass is 16.6. The maximum absolute atomic E-state index is 11.2. The van der Waals surface area contributed by atoms with E-state index in [0.29, 0.717) is 29.3 Å². The van der Waals surface area contributed by atoms with Gasteiger partial charge < -0.3 is 9.47 Å². The van der Waals surface area contributed by atoms with Gasteiger partial charge in [0, 0.05) is 11.5 Å². The van der Waals surface area contributed by atoms with Crippen molar-refractivity contribution in [2.24, 2.45) is 0 Å². The van der Waals surface area contributed by atoms with Gasteiger partial charge in [0.05, 0.1) is 24.3 Å². The topological polar surface area (TPSA) is 74.5 Å². The molecule has 3 rings (SSSR count). The molecule has 138 valence electrons. The molecule has 0 unspecified atom stereocenters. The number of benzene rings is 2. The van der Waals surface area contributed by atoms with E-state index in [1.54, 1.807) is 13.2 Å². The number of nitrogens with zero attached hydrogens (tertiary/aromatic N) is 2. The van der Waals surface area contributed by atoms with E-state index in [-0.39, 0.29) is 5.69 Å². The highest BCUT2D eigenvalue weighted by molar-refractivity contribution is 5.88. The predicted molar refractivity (Wildman–Crippen MR) is 106 cm³/mol. The molecule has 6 heteroatoms. The predicted octanol–water partition coefficient (Wildman–Crippen LogP) is 5.11. The molecule has 0 radical (unpaired) electrons. The zero-order chi connectivity index (χ0) is 19.2. The van der Waals surface area contributed by atoms with E-state index in [0.717, 1.165) is 17.4 Å². The average molecular weight is 364 g/mol. The number of rotatable bonds is 7. The number of nitro groups is 1. The molecule has 0 atom stereocenters. The molecule has 0 saturated heterocycles. The zero-order valence-corrected chi connectivity index (χ0v) is 15.2. The number of para-hydroxylation sites is 1. The average Bonchev–Trinajstić information content (AvgIpc) is 2.70. The van der Waals surface area contributed by atoms with Crippen LogP contribution in [-0.2, 0) is 0 Å². The number of non-ortho nitro benzene ring substituents is 1. The van der Waals surface area contributed by atoms with Gasteiger partial charge in [-0.25, -0.2) is 4.98 Å². The third-order valence-electron chi connectivity index (χ3n) is 4.01. The number of methoxy groups -OCH3 is 1. The van der Waals surface area contributed by atoms with E-state index in [1.165, 1.54) is 6.07 Å². The fraction of sp³-hybridized carbons (Fsp3) is 0.190. The van der Waals surface area contributed by atoms with Gasteiger partial charge in [-0.2, -0.15) is 0 Å². The van der Waals surface area contributed by atoms with Crippen LogP contribution in [-0.4, -0.2) is 23.6 Å². The van der Waals surface area contributed by atoms with Crippen molar-refractivity contribution in [2.45, 2.75) is 13.3 Å². The second-order valence-electron chi connectivity index (χ2n) is 5.93. The maximum atomic E-state index is 11.2. The highest BCUT2D eigenvalue weighted by Gasteiger charge is 2.12. The van der Waals surface area contributed by atoms with Gasteiger partial charge in [0.2, 0.25) is 0 Å². The van der Waals surface area contributed by atoms with Crippen LogP contribution in [0.1, 0.15) is 24.6 Å². The van der Waals surface area contributed by atoms with E-state index < -0.39 is 4.92 Å². The standard InChI is InChI=1S/C21H20N2O4/c1-3-13-27-19-12-8-15(14-20(19)26-2)7-10-17-11-9-16-5-4-6-18(23(24)25)21(16)22-17/h4-12,14H,3,13H2,1-2H3/b10-7+. The molecule has 0 fully saturated rings. The number of hydrogen-bond acceptors (Lipinski definition) is 5. The van der Waals surface area contributed by atoms with Gasteiger partial charge in [-0.1, -0.05) is 37.3 Å². The Morgan fingerprint density at radius 3 is 2.70 bits per heavy atom. The minimum atomic E-state index is -0.414. The van der Waals surface area contributed by atoms with E-state index >= 15 is 0 Å². The first-order valence-electron chi connectivity index (χ1n) is 8.65. The number of pyridine rings is 1. The molecular formula is C21H20N2O4. The van der Waals surface area contributed by atoms with Crippen LogP contribution < -0.4 is 9.47 Å². The van der Waals surface area contributed by atoms with Crippen molar-refractivity contribution in [2.75, 3.05) is 13.7 Å². The second kappa shape index (κ2) is 8.31. The van der Waals surface area contributed by atoms with Gasteiger partial charge in [0.1, 0.15) is 5.52 Å². The van der Waals surface area contributed by atoms with Crippen molar-refractivity contribution in [3.05, 3.63) is 69.9 Å². The summed E-state index contributed by atoms with van der Waals surface area (Å²) in [6.45, 7) is 2.68. The summed E-state index contributed by atoms with van der Waals surface area (Å²) in [5.74, 6) is 1.36. The number of fused-ring (bicyclic) bond motifs is 1. The van der Waals surface area contributed by atoms with E-state index in [2.05, 4.69) is 4.98 Å². The Bertz CT molecular complexity index is 999. The number of aromatic nitrogens is 1. The normalized spacial score (nSPS) is 11.0. The quantitative estimate of drug-likeness (QED) is 0.430. The van der Waals surface area contributed by atoms with Crippen molar-refractivity contribution in [1.82, 2.24) is 4.98 Å². The Morgan fingerprint density at radius 2 is 1.96 bits per heavy atom. The van der Waals surface area contributed by atoms with Gasteiger partial charge in [0.15, 0.2) is 11.5 Å². The minimum Gasteiger partial charge on any atom is -0.493 e. The van der Waals surface area contributed by atoms with Crippen LogP contribution in [0.2, 0.25) is 0 Å². The molecule has 3 aromatic rings. The lowest BCUT2D eigenvalue weighted by atomic mass is 10.1. The summed E-state index contributed by atoms with van der Waals surface area (Å²) in [6, 6.07) is 14.3. The summed E-state index contributed by atoms with van der Waals surface area (Å²) in [7, 11) is 1.60. The van der Waals surface area contributed by atoms with Gasteiger partial charge in [-0.05, 0) is 36.3 Å². The molecule has 0 aliphatic carbocycles. The van der Waals surface area contributed by atoms with Crippen LogP contribution in [0.15, 0.2) is 48.5 Å². The molecule has 0 aliphatic heterocycles. The Kier molecular flexibility index (Phi) is 5.66. The Labute approximate surface area is 157 Å². The van der Waals surface area contributed by atoms with Crippen molar-refractivity contribution in [1.29, 1.82) is 0 Å². The van der Waals surface area contributed by atoms with Crippen LogP contribution >= 0.6 is 0 Å². The molecule has 0 spiro atoms. The third kappa shape index (κ3) is 4.23. The molecule has 0 saturated carbocycles. The maximum Gasteiger partial charge on any atom is 0.295 e. The Balaban J connectivity index is 1.89. The molecule has 0 N–H and O–H groups in total. The number of hydrogen-bond donors (Lipinski definition) is 0. The lowest BCUT2D eigenvalue weighted by Crippen LogP contribution is -1.97. The summed E-state index contributed by atoms with van der Waals surface area (Å²) in [5, 5.41) is 11.9. The molecule has 0 bridgehead atoms. The molecule has 2 aromatic carbocycles. The fourth-order valence-electron chi connectivity index (χ4n) is 2.69. The first kappa shape index (κ1) is 18.4. The smallest absolute Gasteiger partial charge is 0.295 e. The first-order chi connectivity index (χ1) is 13.1. The van der Waals surface area contributed by atoms with E-state index in [4.69, 9.17) is 9.47 Å². The van der Waals surface area contributed by atoms with Crippen LogP contribution in [0.25, 0.3) is 23.1 Å². The van der Waals surface area contributed by atoms with E-state index in [1.807, 2.05) is 55.5 Å². The molecule has 27 heavy (non-hydrogen) atoms. The Hall–Kier alpha value is -3.41. The molecule has 1 aromatic heterocycles. The van der Waals surface area contributed by atoms with Gasteiger partial charge >= 0.3 is 0 Å². The van der Waals surface area contributed by atoms with Crippen molar-refractivity contribution < 1.29 is 14.4 Å². The fourth-order valence-corrected chi connectivity index (χ4v) is 2.69. The molecular weight excluding hydrogens is 344 g/mol. The SMILES string of the molecule is CCCOc1ccc(/C=C/c2ccc3cccc([N+](=O)[O-])c3n2)cc1OC. The number of nitro benzene ring substituents is 1. The van der Waals surface area contributed by atoms with Crippen LogP contribution in [0.4, 0.5) is 5.69 Å². The second-order valence-corrected chi connectivity index (χ2v) is 5.93. The number of ether oxygens (including phenoxy) is 2. The lowest BCUT2D eigenvalue weighted by molar-refractivity contribution is -0.383. The first-order valence-corrected chi connectivity index (χ1v) is 8.65. The highest BCUT2D eigenvalue weighted by Crippen LogP contribution is 2.29. The van der Waals surface area contributed by atoms with Crippen molar-refractivity contribution in [3.8, 4) is 11.5 Å². The van der Waals surface area contributed by atoms with Crippen molar-refractivity contribution in [3.63, 3.8) is 0 Å². The lowest BCUT2D eigenvalue weighted by Gasteiger charge is -2.10. The third-order valence-corrected chi connectivity index (χ3v) is 4.01. The molecule has 0 amide bonds.